The zero-order valence-corrected chi connectivity index (χ0v) is 8.38. The fourth-order valence-corrected chi connectivity index (χ4v) is 1.91. The number of likely N-dealkylation sites (N-methyl/N-ethyl adjacent to an activating group) is 1. The van der Waals surface area contributed by atoms with Crippen molar-refractivity contribution < 1.29 is 4.74 Å². The molecule has 1 saturated carbocycles. The normalized spacial score (nSPS) is 23.9. The quantitative estimate of drug-likeness (QED) is 0.701. The van der Waals surface area contributed by atoms with E-state index in [9.17, 15) is 0 Å². The molecule has 0 amide bonds. The second-order valence-electron chi connectivity index (χ2n) is 4.03. The lowest BCUT2D eigenvalue weighted by Crippen LogP contribution is -2.31. The predicted octanol–water partition coefficient (Wildman–Crippen LogP) is 2.07. The van der Waals surface area contributed by atoms with Gasteiger partial charge in [-0.25, -0.2) is 0 Å². The van der Waals surface area contributed by atoms with Crippen LogP contribution in [-0.2, 0) is 4.74 Å². The van der Waals surface area contributed by atoms with Gasteiger partial charge in [-0.15, -0.1) is 0 Å². The molecule has 0 radical (unpaired) electrons. The maximum Gasteiger partial charge on any atom is 0.109 e. The molecule has 0 aromatic heterocycles. The molecule has 74 valence electrons. The van der Waals surface area contributed by atoms with Gasteiger partial charge < -0.3 is 10.1 Å². The predicted molar refractivity (Wildman–Crippen MR) is 53.5 cm³/mol. The summed E-state index contributed by atoms with van der Waals surface area (Å²) >= 11 is 0. The van der Waals surface area contributed by atoms with E-state index in [-0.39, 0.29) is 0 Å². The minimum absolute atomic E-state index is 0.500. The van der Waals surface area contributed by atoms with Crippen molar-refractivity contribution in [3.8, 4) is 0 Å². The molecule has 1 aliphatic heterocycles. The summed E-state index contributed by atoms with van der Waals surface area (Å²) in [4.78, 5) is 0. The highest BCUT2D eigenvalue weighted by atomic mass is 16.5. The van der Waals surface area contributed by atoms with Gasteiger partial charge in [0.25, 0.3) is 0 Å². The first-order chi connectivity index (χ1) is 6.40. The zero-order valence-electron chi connectivity index (χ0n) is 8.38. The largest absolute Gasteiger partial charge is 0.496 e. The van der Waals surface area contributed by atoms with Crippen molar-refractivity contribution in [1.82, 2.24) is 5.32 Å². The molecule has 1 N–H and O–H groups in total. The van der Waals surface area contributed by atoms with E-state index in [1.54, 1.807) is 0 Å². The lowest BCUT2D eigenvalue weighted by Gasteiger charge is -2.18. The van der Waals surface area contributed by atoms with Crippen molar-refractivity contribution in [2.24, 2.45) is 5.92 Å². The van der Waals surface area contributed by atoms with Gasteiger partial charge >= 0.3 is 0 Å². The first-order valence-corrected chi connectivity index (χ1v) is 5.46. The monoisotopic (exact) mass is 181 g/mol. The summed E-state index contributed by atoms with van der Waals surface area (Å²) in [6.07, 6.45) is 7.47. The van der Waals surface area contributed by atoms with Crippen LogP contribution in [0.4, 0.5) is 0 Å². The Kier molecular flexibility index (Phi) is 2.89. The minimum Gasteiger partial charge on any atom is -0.496 e. The number of hydrogen-bond donors (Lipinski definition) is 1. The molecule has 2 nitrogen and oxygen atoms in total. The van der Waals surface area contributed by atoms with Crippen LogP contribution < -0.4 is 5.32 Å². The van der Waals surface area contributed by atoms with Crippen molar-refractivity contribution in [2.75, 3.05) is 13.2 Å². The van der Waals surface area contributed by atoms with Gasteiger partial charge in [-0.1, -0.05) is 19.8 Å². The lowest BCUT2D eigenvalue weighted by molar-refractivity contribution is 0.210. The zero-order chi connectivity index (χ0) is 9.10. The Morgan fingerprint density at radius 1 is 1.62 bits per heavy atom. The molecule has 2 heteroatoms. The Hall–Kier alpha value is -0.500. The molecule has 1 aliphatic carbocycles. The third kappa shape index (κ3) is 2.47. The minimum atomic E-state index is 0.500. The molecule has 0 aromatic carbocycles. The topological polar surface area (TPSA) is 21.3 Å². The SMILES string of the molecule is CCNC(CC1CC1)C1=CCCO1. The summed E-state index contributed by atoms with van der Waals surface area (Å²) in [5.74, 6) is 2.17. The van der Waals surface area contributed by atoms with Gasteiger partial charge in [0, 0.05) is 6.42 Å². The van der Waals surface area contributed by atoms with Crippen LogP contribution in [0.2, 0.25) is 0 Å². The summed E-state index contributed by atoms with van der Waals surface area (Å²) < 4.78 is 5.59. The van der Waals surface area contributed by atoms with Crippen LogP contribution >= 0.6 is 0 Å². The summed E-state index contributed by atoms with van der Waals surface area (Å²) in [7, 11) is 0. The Balaban J connectivity index is 1.86. The molecule has 2 aliphatic rings. The van der Waals surface area contributed by atoms with Crippen LogP contribution in [0.5, 0.6) is 0 Å². The number of nitrogens with one attached hydrogen (secondary N) is 1. The second-order valence-corrected chi connectivity index (χ2v) is 4.03. The Bertz CT molecular complexity index is 196. The first kappa shape index (κ1) is 9.07. The fraction of sp³-hybridized carbons (Fsp3) is 0.818. The van der Waals surface area contributed by atoms with E-state index in [1.807, 2.05) is 0 Å². The van der Waals surface area contributed by atoms with Crippen LogP contribution in [0.15, 0.2) is 11.8 Å². The molecular weight excluding hydrogens is 162 g/mol. The van der Waals surface area contributed by atoms with Crippen molar-refractivity contribution in [3.63, 3.8) is 0 Å². The van der Waals surface area contributed by atoms with Gasteiger partial charge in [-0.3, -0.25) is 0 Å². The van der Waals surface area contributed by atoms with Crippen molar-refractivity contribution in [2.45, 2.75) is 38.6 Å². The van der Waals surface area contributed by atoms with Crippen LogP contribution in [0, 0.1) is 5.92 Å². The van der Waals surface area contributed by atoms with Crippen molar-refractivity contribution >= 4 is 0 Å². The highest BCUT2D eigenvalue weighted by molar-refractivity contribution is 5.08. The van der Waals surface area contributed by atoms with E-state index >= 15 is 0 Å². The summed E-state index contributed by atoms with van der Waals surface area (Å²) in [6, 6.07) is 0.500. The van der Waals surface area contributed by atoms with Gasteiger partial charge in [0.05, 0.1) is 12.6 Å². The third-order valence-corrected chi connectivity index (χ3v) is 2.79. The average Bonchev–Trinajstić information content (AvgIpc) is 2.80. The van der Waals surface area contributed by atoms with Gasteiger partial charge in [0.15, 0.2) is 0 Å². The maximum atomic E-state index is 5.59. The first-order valence-electron chi connectivity index (χ1n) is 5.46. The number of rotatable bonds is 5. The maximum absolute atomic E-state index is 5.59. The Labute approximate surface area is 80.4 Å². The van der Waals surface area contributed by atoms with E-state index in [0.717, 1.165) is 25.5 Å². The van der Waals surface area contributed by atoms with Crippen molar-refractivity contribution in [3.05, 3.63) is 11.8 Å². The van der Waals surface area contributed by atoms with Crippen LogP contribution in [-0.4, -0.2) is 19.2 Å². The molecular formula is C11H19NO. The molecule has 0 bridgehead atoms. The fourth-order valence-electron chi connectivity index (χ4n) is 1.91. The molecule has 1 heterocycles. The molecule has 0 saturated heterocycles. The number of hydrogen-bond acceptors (Lipinski definition) is 2. The Morgan fingerprint density at radius 3 is 3.00 bits per heavy atom. The molecule has 2 rings (SSSR count). The van der Waals surface area contributed by atoms with E-state index in [1.165, 1.54) is 25.0 Å². The highest BCUT2D eigenvalue weighted by Crippen LogP contribution is 2.35. The highest BCUT2D eigenvalue weighted by Gasteiger charge is 2.28. The van der Waals surface area contributed by atoms with Crippen LogP contribution in [0.3, 0.4) is 0 Å². The summed E-state index contributed by atoms with van der Waals surface area (Å²) in [6.45, 7) is 4.09. The van der Waals surface area contributed by atoms with E-state index in [2.05, 4.69) is 18.3 Å². The number of ether oxygens (including phenoxy) is 1. The molecule has 0 spiro atoms. The standard InChI is InChI=1S/C11H19NO/c1-2-12-10(8-9-5-6-9)11-4-3-7-13-11/h4,9-10,12H,2-3,5-8H2,1H3. The second kappa shape index (κ2) is 4.14. The van der Waals surface area contributed by atoms with E-state index in [4.69, 9.17) is 4.74 Å². The van der Waals surface area contributed by atoms with E-state index in [0.29, 0.717) is 6.04 Å². The van der Waals surface area contributed by atoms with Gasteiger partial charge in [0.2, 0.25) is 0 Å². The average molecular weight is 181 g/mol. The lowest BCUT2D eigenvalue weighted by atomic mass is 10.1. The van der Waals surface area contributed by atoms with Gasteiger partial charge in [0.1, 0.15) is 5.76 Å². The molecule has 1 fully saturated rings. The molecule has 13 heavy (non-hydrogen) atoms. The van der Waals surface area contributed by atoms with Gasteiger partial charge in [-0.2, -0.15) is 0 Å². The molecule has 1 unspecified atom stereocenters. The van der Waals surface area contributed by atoms with Crippen LogP contribution in [0.1, 0.15) is 32.6 Å². The van der Waals surface area contributed by atoms with Crippen LogP contribution in [0.25, 0.3) is 0 Å². The summed E-state index contributed by atoms with van der Waals surface area (Å²) in [5.41, 5.74) is 0. The summed E-state index contributed by atoms with van der Waals surface area (Å²) in [5, 5.41) is 3.50. The van der Waals surface area contributed by atoms with E-state index < -0.39 is 0 Å². The van der Waals surface area contributed by atoms with Gasteiger partial charge in [-0.05, 0) is 25.0 Å². The molecule has 1 atom stereocenters. The smallest absolute Gasteiger partial charge is 0.109 e. The van der Waals surface area contributed by atoms with Crippen molar-refractivity contribution in [1.29, 1.82) is 0 Å². The molecule has 0 aromatic rings. The third-order valence-electron chi connectivity index (χ3n) is 2.79. The Morgan fingerprint density at radius 2 is 2.46 bits per heavy atom.